The van der Waals surface area contributed by atoms with Crippen LogP contribution in [0.1, 0.15) is 49.2 Å². The van der Waals surface area contributed by atoms with Gasteiger partial charge in [-0.2, -0.15) is 4.31 Å². The van der Waals surface area contributed by atoms with Crippen LogP contribution in [0.2, 0.25) is 0 Å². The lowest BCUT2D eigenvalue weighted by molar-refractivity contribution is 0.0950. The minimum Gasteiger partial charge on any atom is -0.357 e. The third-order valence-corrected chi connectivity index (χ3v) is 7.32. The monoisotopic (exact) mass is 432 g/mol. The molecule has 1 amide bonds. The number of hydrogen-bond donors (Lipinski definition) is 1. The van der Waals surface area contributed by atoms with E-state index in [1.165, 1.54) is 10.4 Å². The summed E-state index contributed by atoms with van der Waals surface area (Å²) in [5.41, 5.74) is 1.82. The number of nitrogens with one attached hydrogen (secondary N) is 1. The lowest BCUT2D eigenvalue weighted by Gasteiger charge is -2.20. The zero-order chi connectivity index (χ0) is 22.3. The van der Waals surface area contributed by atoms with Gasteiger partial charge < -0.3 is 10.2 Å². The molecule has 8 heteroatoms. The van der Waals surface area contributed by atoms with Crippen LogP contribution in [0.15, 0.2) is 41.4 Å². The first-order valence-electron chi connectivity index (χ1n) is 10.4. The van der Waals surface area contributed by atoms with Gasteiger partial charge in [0.05, 0.1) is 4.90 Å². The van der Waals surface area contributed by atoms with Gasteiger partial charge in [0, 0.05) is 44.5 Å². The lowest BCUT2D eigenvalue weighted by atomic mass is 10.1. The Bertz CT molecular complexity index is 951. The molecule has 0 aliphatic heterocycles. The van der Waals surface area contributed by atoms with Crippen molar-refractivity contribution in [3.8, 4) is 0 Å². The molecule has 1 aromatic carbocycles. The smallest absolute Gasteiger partial charge is 0.251 e. The molecule has 0 saturated carbocycles. The predicted octanol–water partition coefficient (Wildman–Crippen LogP) is 3.20. The molecule has 0 aliphatic rings. The quantitative estimate of drug-likeness (QED) is 0.623. The number of carbonyl (C=O) groups is 1. The fraction of sp³-hybridized carbons (Fsp3) is 0.455. The molecule has 0 radical (unpaired) electrons. The van der Waals surface area contributed by atoms with Crippen molar-refractivity contribution in [2.24, 2.45) is 0 Å². The minimum absolute atomic E-state index is 0.170. The van der Waals surface area contributed by atoms with E-state index in [9.17, 15) is 13.2 Å². The molecule has 0 fully saturated rings. The number of carbonyl (C=O) groups excluding carboxylic acids is 1. The average molecular weight is 433 g/mol. The molecular weight excluding hydrogens is 400 g/mol. The number of hydrogen-bond acceptors (Lipinski definition) is 5. The van der Waals surface area contributed by atoms with Gasteiger partial charge in [0.15, 0.2) is 0 Å². The molecule has 1 N–H and O–H groups in total. The first-order valence-corrected chi connectivity index (χ1v) is 11.8. The van der Waals surface area contributed by atoms with Gasteiger partial charge in [-0.15, -0.1) is 0 Å². The molecule has 0 unspecified atom stereocenters. The van der Waals surface area contributed by atoms with Gasteiger partial charge in [-0.3, -0.25) is 4.79 Å². The number of sulfonamides is 1. The Morgan fingerprint density at radius 1 is 1.00 bits per heavy atom. The van der Waals surface area contributed by atoms with E-state index in [1.54, 1.807) is 39.1 Å². The summed E-state index contributed by atoms with van der Waals surface area (Å²) in [6.07, 6.45) is 1.75. The number of benzene rings is 1. The van der Waals surface area contributed by atoms with Crippen molar-refractivity contribution in [3.05, 3.63) is 53.2 Å². The van der Waals surface area contributed by atoms with Crippen molar-refractivity contribution in [1.82, 2.24) is 14.6 Å². The van der Waals surface area contributed by atoms with E-state index in [1.807, 2.05) is 12.1 Å². The summed E-state index contributed by atoms with van der Waals surface area (Å²) in [4.78, 5) is 19.4. The second-order valence-corrected chi connectivity index (χ2v) is 8.86. The predicted molar refractivity (Wildman–Crippen MR) is 120 cm³/mol. The number of nitrogens with zero attached hydrogens (tertiary/aromatic N) is 3. The van der Waals surface area contributed by atoms with Crippen LogP contribution in [0.5, 0.6) is 0 Å². The molecule has 0 spiro atoms. The van der Waals surface area contributed by atoms with E-state index < -0.39 is 10.0 Å². The highest BCUT2D eigenvalue weighted by atomic mass is 32.2. The van der Waals surface area contributed by atoms with Crippen LogP contribution in [0.3, 0.4) is 0 Å². The fourth-order valence-electron chi connectivity index (χ4n) is 3.26. The molecule has 2 aromatic rings. The molecule has 164 valence electrons. The molecule has 7 nitrogen and oxygen atoms in total. The van der Waals surface area contributed by atoms with Gasteiger partial charge in [0.2, 0.25) is 10.0 Å². The largest absolute Gasteiger partial charge is 0.357 e. The Kier molecular flexibility index (Phi) is 8.37. The van der Waals surface area contributed by atoms with E-state index in [-0.39, 0.29) is 10.8 Å². The summed E-state index contributed by atoms with van der Waals surface area (Å²) in [5.74, 6) is 0.582. The maximum absolute atomic E-state index is 12.9. The average Bonchev–Trinajstić information content (AvgIpc) is 2.74. The van der Waals surface area contributed by atoms with Gasteiger partial charge in [0.1, 0.15) is 5.82 Å². The highest BCUT2D eigenvalue weighted by Crippen LogP contribution is 2.21. The summed E-state index contributed by atoms with van der Waals surface area (Å²) in [6.45, 7) is 12.3. The Morgan fingerprint density at radius 3 is 2.20 bits per heavy atom. The topological polar surface area (TPSA) is 82.6 Å². The Labute approximate surface area is 180 Å². The van der Waals surface area contributed by atoms with Crippen LogP contribution in [0.4, 0.5) is 5.82 Å². The molecule has 1 aromatic heterocycles. The maximum Gasteiger partial charge on any atom is 0.251 e. The number of aryl methyl sites for hydroxylation is 1. The summed E-state index contributed by atoms with van der Waals surface area (Å²) in [5, 5.41) is 2.85. The number of rotatable bonds is 10. The Morgan fingerprint density at radius 2 is 1.67 bits per heavy atom. The SMILES string of the molecule is CCN(CC)c1ccc(CNC(=O)c2ccc(C)c(S(=O)(=O)N(CC)CC)c2)cn1. The van der Waals surface area contributed by atoms with E-state index in [0.717, 1.165) is 24.5 Å². The van der Waals surface area contributed by atoms with Crippen molar-refractivity contribution in [3.63, 3.8) is 0 Å². The number of anilines is 1. The van der Waals surface area contributed by atoms with Crippen LogP contribution in [0.25, 0.3) is 0 Å². The van der Waals surface area contributed by atoms with Gasteiger partial charge in [0.25, 0.3) is 5.91 Å². The molecule has 0 bridgehead atoms. The molecular formula is C22H32N4O3S. The Hall–Kier alpha value is -2.45. The molecule has 0 saturated heterocycles. The van der Waals surface area contributed by atoms with Crippen molar-refractivity contribution in [2.75, 3.05) is 31.1 Å². The fourth-order valence-corrected chi connectivity index (χ4v) is 4.97. The standard InChI is InChI=1S/C22H32N4O3S/c1-6-25(7-2)21-13-11-18(15-23-21)16-24-22(27)19-12-10-17(5)20(14-19)30(28,29)26(8-3)9-4/h10-15H,6-9,16H2,1-5H3,(H,24,27). The van der Waals surface area contributed by atoms with Crippen LogP contribution < -0.4 is 10.2 Å². The van der Waals surface area contributed by atoms with E-state index in [4.69, 9.17) is 0 Å². The number of aromatic nitrogens is 1. The minimum atomic E-state index is -3.63. The Balaban J connectivity index is 2.15. The second kappa shape index (κ2) is 10.5. The van der Waals surface area contributed by atoms with Crippen molar-refractivity contribution >= 4 is 21.7 Å². The third-order valence-electron chi connectivity index (χ3n) is 5.12. The molecule has 0 atom stereocenters. The normalized spacial score (nSPS) is 11.5. The lowest BCUT2D eigenvalue weighted by Crippen LogP contribution is -2.31. The highest BCUT2D eigenvalue weighted by Gasteiger charge is 2.24. The zero-order valence-electron chi connectivity index (χ0n) is 18.5. The van der Waals surface area contributed by atoms with Crippen LogP contribution in [-0.4, -0.2) is 49.8 Å². The van der Waals surface area contributed by atoms with Crippen molar-refractivity contribution in [2.45, 2.75) is 46.1 Å². The van der Waals surface area contributed by atoms with Crippen LogP contribution >= 0.6 is 0 Å². The molecule has 0 aliphatic carbocycles. The highest BCUT2D eigenvalue weighted by molar-refractivity contribution is 7.89. The van der Waals surface area contributed by atoms with Crippen LogP contribution in [-0.2, 0) is 16.6 Å². The van der Waals surface area contributed by atoms with Gasteiger partial charge >= 0.3 is 0 Å². The summed E-state index contributed by atoms with van der Waals surface area (Å²) in [6, 6.07) is 8.65. The second-order valence-electron chi connectivity index (χ2n) is 6.95. The van der Waals surface area contributed by atoms with Crippen LogP contribution in [0, 0.1) is 6.92 Å². The van der Waals surface area contributed by atoms with Crippen molar-refractivity contribution < 1.29 is 13.2 Å². The van der Waals surface area contributed by atoms with Crippen molar-refractivity contribution in [1.29, 1.82) is 0 Å². The third kappa shape index (κ3) is 5.37. The van der Waals surface area contributed by atoms with Gasteiger partial charge in [-0.1, -0.05) is 26.0 Å². The molecule has 30 heavy (non-hydrogen) atoms. The molecule has 2 rings (SSSR count). The first kappa shape index (κ1) is 23.8. The zero-order valence-corrected chi connectivity index (χ0v) is 19.3. The summed E-state index contributed by atoms with van der Waals surface area (Å²) < 4.78 is 27.2. The summed E-state index contributed by atoms with van der Waals surface area (Å²) >= 11 is 0. The van der Waals surface area contributed by atoms with Gasteiger partial charge in [-0.25, -0.2) is 13.4 Å². The maximum atomic E-state index is 12.9. The van der Waals surface area contributed by atoms with E-state index in [2.05, 4.69) is 29.0 Å². The summed E-state index contributed by atoms with van der Waals surface area (Å²) in [7, 11) is -3.63. The number of pyridine rings is 1. The number of amides is 1. The molecule has 1 heterocycles. The van der Waals surface area contributed by atoms with E-state index in [0.29, 0.717) is 30.8 Å². The van der Waals surface area contributed by atoms with Gasteiger partial charge in [-0.05, 0) is 50.1 Å². The first-order chi connectivity index (χ1) is 14.3. The van der Waals surface area contributed by atoms with E-state index >= 15 is 0 Å².